The number of terminal acetylenes is 1. The molecule has 5 nitrogen and oxygen atoms in total. The minimum absolute atomic E-state index is 0.266. The van der Waals surface area contributed by atoms with E-state index >= 15 is 0 Å². The molecule has 0 fully saturated rings. The molecule has 0 aromatic carbocycles. The summed E-state index contributed by atoms with van der Waals surface area (Å²) in [6.07, 6.45) is 8.06. The number of rotatable bonds is 9. The molecule has 0 bridgehead atoms. The quantitative estimate of drug-likeness (QED) is 0.483. The van der Waals surface area contributed by atoms with Crippen molar-refractivity contribution in [3.8, 4) is 12.3 Å². The van der Waals surface area contributed by atoms with Gasteiger partial charge < -0.3 is 10.6 Å². The number of nitrogens with one attached hydrogen (secondary N) is 2. The van der Waals surface area contributed by atoms with Gasteiger partial charge in [0, 0.05) is 35.0 Å². The van der Waals surface area contributed by atoms with Gasteiger partial charge in [-0.1, -0.05) is 5.92 Å². The predicted octanol–water partition coefficient (Wildman–Crippen LogP) is 1.73. The summed E-state index contributed by atoms with van der Waals surface area (Å²) in [6.45, 7) is 0.885. The normalized spacial score (nSPS) is 11.8. The Bertz CT molecular complexity index is 654. The average molecular weight is 404 g/mol. The summed E-state index contributed by atoms with van der Waals surface area (Å²) in [4.78, 5) is 4.29. The lowest BCUT2D eigenvalue weighted by atomic mass is 10.4. The summed E-state index contributed by atoms with van der Waals surface area (Å²) in [5, 5.41) is 7.03. The maximum absolute atomic E-state index is 11.3. The van der Waals surface area contributed by atoms with Crippen LogP contribution in [0.1, 0.15) is 5.69 Å². The first-order valence-corrected chi connectivity index (χ1v) is 10.3. The monoisotopic (exact) mass is 403 g/mol. The predicted molar refractivity (Wildman–Crippen MR) is 95.9 cm³/mol. The lowest BCUT2D eigenvalue weighted by molar-refractivity contribution is 0.608. The summed E-state index contributed by atoms with van der Waals surface area (Å²) >= 11 is 5.16. The van der Waals surface area contributed by atoms with Gasteiger partial charge in [0.1, 0.15) is 5.82 Å². The third-order valence-electron chi connectivity index (χ3n) is 2.35. The van der Waals surface area contributed by atoms with Gasteiger partial charge in [0.25, 0.3) is 0 Å². The van der Waals surface area contributed by atoms with E-state index in [1.807, 2.05) is 12.1 Å². The molecule has 1 rings (SSSR count). The maximum atomic E-state index is 11.3. The highest BCUT2D eigenvalue weighted by Crippen LogP contribution is 2.18. The summed E-state index contributed by atoms with van der Waals surface area (Å²) in [7, 11) is -3.22. The molecule has 0 aliphatic heterocycles. The molecule has 2 N–H and O–H groups in total. The zero-order valence-electron chi connectivity index (χ0n) is 12.2. The Morgan fingerprint density at radius 2 is 2.32 bits per heavy atom. The first kappa shape index (κ1) is 18.9. The van der Waals surface area contributed by atoms with Gasteiger partial charge in [-0.2, -0.15) is 11.8 Å². The van der Waals surface area contributed by atoms with Crippen LogP contribution < -0.4 is 10.6 Å². The Labute approximate surface area is 144 Å². The van der Waals surface area contributed by atoms with Crippen LogP contribution in [0.5, 0.6) is 0 Å². The smallest absolute Gasteiger partial charge is 0.172 e. The fraction of sp³-hybridized carbons (Fsp3) is 0.357. The van der Waals surface area contributed by atoms with Gasteiger partial charge in [-0.25, -0.2) is 8.42 Å². The summed E-state index contributed by atoms with van der Waals surface area (Å²) in [5.41, 5.74) is 0.991. The van der Waals surface area contributed by atoms with E-state index in [0.29, 0.717) is 12.4 Å². The van der Waals surface area contributed by atoms with Crippen molar-refractivity contribution in [2.24, 2.45) is 0 Å². The second kappa shape index (κ2) is 9.77. The molecule has 120 valence electrons. The van der Waals surface area contributed by atoms with E-state index in [1.54, 1.807) is 18.0 Å². The lowest BCUT2D eigenvalue weighted by Gasteiger charge is -2.11. The van der Waals surface area contributed by atoms with Crippen molar-refractivity contribution in [1.29, 1.82) is 0 Å². The Hall–Kier alpha value is -1.17. The third kappa shape index (κ3) is 8.32. The van der Waals surface area contributed by atoms with Crippen LogP contribution in [0.2, 0.25) is 0 Å². The molecule has 1 aromatic rings. The molecule has 0 spiro atoms. The molecule has 0 aliphatic carbocycles. The summed E-state index contributed by atoms with van der Waals surface area (Å²) in [6, 6.07) is 3.83. The van der Waals surface area contributed by atoms with Crippen LogP contribution in [0.4, 0.5) is 0 Å². The number of nitrogens with zero attached hydrogens (tertiary/aromatic N) is 1. The lowest BCUT2D eigenvalue weighted by Crippen LogP contribution is -2.29. The molecule has 0 radical (unpaired) electrons. The molecule has 1 heterocycles. The Morgan fingerprint density at radius 1 is 1.55 bits per heavy atom. The number of aromatic nitrogens is 1. The Morgan fingerprint density at radius 3 is 2.95 bits per heavy atom. The van der Waals surface area contributed by atoms with Crippen LogP contribution in [0.15, 0.2) is 34.0 Å². The van der Waals surface area contributed by atoms with Gasteiger partial charge in [-0.15, -0.1) is 6.42 Å². The molecule has 0 unspecified atom stereocenters. The number of thioether (sulfide) groups is 1. The van der Waals surface area contributed by atoms with E-state index in [2.05, 4.69) is 37.5 Å². The molecule has 0 atom stereocenters. The standard InChI is InChI=1S/C14H18BrN3O2S2/c1-3-6-17-14(11-22(2,19)20)18-8-9-21-10-13-12(15)5-4-7-16-13/h1,4-5,7,11,17-18H,6,8-10H2,2H3/b14-11-. The van der Waals surface area contributed by atoms with Crippen molar-refractivity contribution in [2.45, 2.75) is 5.75 Å². The molecule has 1 aromatic heterocycles. The topological polar surface area (TPSA) is 71.1 Å². The number of sulfone groups is 1. The van der Waals surface area contributed by atoms with Crippen molar-refractivity contribution in [3.63, 3.8) is 0 Å². The minimum atomic E-state index is -3.22. The van der Waals surface area contributed by atoms with Crippen molar-refractivity contribution in [2.75, 3.05) is 25.1 Å². The first-order valence-electron chi connectivity index (χ1n) is 6.42. The van der Waals surface area contributed by atoms with Gasteiger partial charge in [0.15, 0.2) is 9.84 Å². The second-order valence-electron chi connectivity index (χ2n) is 4.33. The Kier molecular flexibility index (Phi) is 8.38. The third-order valence-corrected chi connectivity index (χ3v) is 4.70. The van der Waals surface area contributed by atoms with E-state index in [-0.39, 0.29) is 6.54 Å². The average Bonchev–Trinajstić information content (AvgIpc) is 2.44. The summed E-state index contributed by atoms with van der Waals surface area (Å²) in [5.74, 6) is 4.42. The van der Waals surface area contributed by atoms with Crippen molar-refractivity contribution < 1.29 is 8.42 Å². The van der Waals surface area contributed by atoms with Gasteiger partial charge in [-0.05, 0) is 28.1 Å². The Balaban J connectivity index is 2.39. The molecule has 8 heteroatoms. The van der Waals surface area contributed by atoms with Crippen LogP contribution >= 0.6 is 27.7 Å². The molecule has 0 aliphatic rings. The van der Waals surface area contributed by atoms with Gasteiger partial charge in [0.2, 0.25) is 0 Å². The number of hydrogen-bond acceptors (Lipinski definition) is 6. The zero-order valence-corrected chi connectivity index (χ0v) is 15.4. The number of halogens is 1. The van der Waals surface area contributed by atoms with E-state index in [0.717, 1.165) is 33.3 Å². The fourth-order valence-electron chi connectivity index (χ4n) is 1.46. The molecule has 0 saturated heterocycles. The van der Waals surface area contributed by atoms with E-state index in [1.165, 1.54) is 0 Å². The highest BCUT2D eigenvalue weighted by atomic mass is 79.9. The minimum Gasteiger partial charge on any atom is -0.370 e. The van der Waals surface area contributed by atoms with E-state index in [9.17, 15) is 8.42 Å². The molecule has 22 heavy (non-hydrogen) atoms. The van der Waals surface area contributed by atoms with Crippen molar-refractivity contribution in [1.82, 2.24) is 15.6 Å². The second-order valence-corrected chi connectivity index (χ2v) is 8.18. The number of pyridine rings is 1. The zero-order chi connectivity index (χ0) is 16.4. The van der Waals surface area contributed by atoms with Crippen LogP contribution in [0.3, 0.4) is 0 Å². The first-order chi connectivity index (χ1) is 10.4. The van der Waals surface area contributed by atoms with Crippen LogP contribution in [0.25, 0.3) is 0 Å². The highest BCUT2D eigenvalue weighted by Gasteiger charge is 2.03. The maximum Gasteiger partial charge on any atom is 0.172 e. The number of hydrogen-bond donors (Lipinski definition) is 2. The highest BCUT2D eigenvalue weighted by molar-refractivity contribution is 9.10. The van der Waals surface area contributed by atoms with Gasteiger partial charge >= 0.3 is 0 Å². The van der Waals surface area contributed by atoms with Gasteiger partial charge in [-0.3, -0.25) is 4.98 Å². The molecular weight excluding hydrogens is 386 g/mol. The molecule has 0 saturated carbocycles. The van der Waals surface area contributed by atoms with Crippen molar-refractivity contribution >= 4 is 37.5 Å². The van der Waals surface area contributed by atoms with Crippen LogP contribution in [-0.4, -0.2) is 38.5 Å². The van der Waals surface area contributed by atoms with E-state index < -0.39 is 9.84 Å². The van der Waals surface area contributed by atoms with Crippen LogP contribution in [0, 0.1) is 12.3 Å². The molecular formula is C14H18BrN3O2S2. The van der Waals surface area contributed by atoms with E-state index in [4.69, 9.17) is 6.42 Å². The van der Waals surface area contributed by atoms with Crippen LogP contribution in [-0.2, 0) is 15.6 Å². The SMILES string of the molecule is C#CCN/C(=C/S(C)(=O)=O)NCCSCc1ncccc1Br. The largest absolute Gasteiger partial charge is 0.370 e. The molecule has 0 amide bonds. The van der Waals surface area contributed by atoms with Gasteiger partial charge in [0.05, 0.1) is 17.6 Å². The fourth-order valence-corrected chi connectivity index (χ4v) is 3.45. The summed E-state index contributed by atoms with van der Waals surface area (Å²) < 4.78 is 23.6. The van der Waals surface area contributed by atoms with Crippen molar-refractivity contribution in [3.05, 3.63) is 39.7 Å².